The third kappa shape index (κ3) is 4.94. The number of unbranched alkanes of at least 4 members (excludes halogenated alkanes) is 2. The largest absolute Gasteiger partial charge is 0.467 e. The topological polar surface area (TPSA) is 48.1 Å². The molecule has 1 aliphatic heterocycles. The molecule has 1 rings (SSSR count). The van der Waals surface area contributed by atoms with Gasteiger partial charge >= 0.3 is 5.97 Å². The van der Waals surface area contributed by atoms with Crippen molar-refractivity contribution in [2.45, 2.75) is 51.2 Å². The van der Waals surface area contributed by atoms with Crippen molar-refractivity contribution < 1.29 is 19.0 Å². The Morgan fingerprint density at radius 3 is 2.62 bits per heavy atom. The summed E-state index contributed by atoms with van der Waals surface area (Å²) in [6.45, 7) is 5.01. The molecule has 0 aromatic carbocycles. The summed E-state index contributed by atoms with van der Waals surface area (Å²) in [6, 6.07) is 0. The minimum atomic E-state index is -0.825. The van der Waals surface area contributed by atoms with Gasteiger partial charge in [0.15, 0.2) is 5.60 Å². The van der Waals surface area contributed by atoms with Gasteiger partial charge in [0.25, 0.3) is 0 Å². The van der Waals surface area contributed by atoms with E-state index in [9.17, 15) is 4.79 Å². The smallest absolute Gasteiger partial charge is 0.337 e. The first-order valence-corrected chi connectivity index (χ1v) is 5.90. The zero-order chi connectivity index (χ0) is 12.0. The summed E-state index contributed by atoms with van der Waals surface area (Å²) in [5.41, 5.74) is -0.825. The number of methoxy groups -OCH3 is 1. The second kappa shape index (κ2) is 6.21. The Bertz CT molecular complexity index is 221. The van der Waals surface area contributed by atoms with E-state index in [-0.39, 0.29) is 5.97 Å². The maximum absolute atomic E-state index is 11.3. The molecule has 4 heteroatoms. The molecule has 1 heterocycles. The van der Waals surface area contributed by atoms with E-state index in [4.69, 9.17) is 9.47 Å². The Morgan fingerprint density at radius 2 is 2.06 bits per heavy atom. The summed E-state index contributed by atoms with van der Waals surface area (Å²) in [4.78, 5) is 11.3. The monoisotopic (exact) mass is 230 g/mol. The fraction of sp³-hybridized carbons (Fsp3) is 0.917. The molecule has 16 heavy (non-hydrogen) atoms. The van der Waals surface area contributed by atoms with Crippen molar-refractivity contribution in [3.63, 3.8) is 0 Å². The lowest BCUT2D eigenvalue weighted by molar-refractivity contribution is -0.165. The van der Waals surface area contributed by atoms with Crippen LogP contribution in [0.5, 0.6) is 0 Å². The number of epoxide rings is 1. The van der Waals surface area contributed by atoms with Crippen molar-refractivity contribution >= 4 is 5.97 Å². The predicted octanol–water partition coefficient (Wildman–Crippen LogP) is 1.91. The highest BCUT2D eigenvalue weighted by atomic mass is 16.6. The van der Waals surface area contributed by atoms with Crippen LogP contribution in [-0.4, -0.2) is 38.0 Å². The minimum Gasteiger partial charge on any atom is -0.467 e. The molecule has 0 amide bonds. The van der Waals surface area contributed by atoms with Gasteiger partial charge in [0.05, 0.1) is 19.8 Å². The van der Waals surface area contributed by atoms with Crippen molar-refractivity contribution in [1.82, 2.24) is 0 Å². The molecular weight excluding hydrogens is 208 g/mol. The van der Waals surface area contributed by atoms with Gasteiger partial charge in [0.2, 0.25) is 0 Å². The molecule has 1 unspecified atom stereocenters. The molecule has 0 saturated carbocycles. The zero-order valence-electron chi connectivity index (χ0n) is 10.5. The molecule has 1 saturated heterocycles. The van der Waals surface area contributed by atoms with E-state index in [1.165, 1.54) is 13.5 Å². The van der Waals surface area contributed by atoms with Crippen LogP contribution in [0.25, 0.3) is 0 Å². The fourth-order valence-corrected chi connectivity index (χ4v) is 1.52. The summed E-state index contributed by atoms with van der Waals surface area (Å²) in [7, 11) is 1.38. The first-order valence-electron chi connectivity index (χ1n) is 5.90. The van der Waals surface area contributed by atoms with Gasteiger partial charge < -0.3 is 14.2 Å². The van der Waals surface area contributed by atoms with E-state index < -0.39 is 5.60 Å². The van der Waals surface area contributed by atoms with Gasteiger partial charge in [-0.2, -0.15) is 0 Å². The van der Waals surface area contributed by atoms with Crippen LogP contribution < -0.4 is 0 Å². The zero-order valence-corrected chi connectivity index (χ0v) is 10.5. The molecule has 1 atom stereocenters. The number of esters is 1. The minimum absolute atomic E-state index is 0.320. The average Bonchev–Trinajstić information content (AvgIpc) is 3.05. The van der Waals surface area contributed by atoms with Crippen LogP contribution in [0.3, 0.4) is 0 Å². The lowest BCUT2D eigenvalue weighted by Crippen LogP contribution is -2.36. The number of hydrogen-bond donors (Lipinski definition) is 0. The van der Waals surface area contributed by atoms with Crippen LogP contribution in [0.2, 0.25) is 0 Å². The fourth-order valence-electron chi connectivity index (χ4n) is 1.52. The molecule has 0 aromatic heterocycles. The Hall–Kier alpha value is -0.610. The molecule has 0 spiro atoms. The van der Waals surface area contributed by atoms with E-state index in [2.05, 4.69) is 4.74 Å². The van der Waals surface area contributed by atoms with Gasteiger partial charge in [0, 0.05) is 6.61 Å². The Labute approximate surface area is 97.2 Å². The van der Waals surface area contributed by atoms with Crippen LogP contribution in [-0.2, 0) is 19.0 Å². The van der Waals surface area contributed by atoms with E-state index in [0.29, 0.717) is 12.7 Å². The Balaban J connectivity index is 1.98. The van der Waals surface area contributed by atoms with Crippen LogP contribution in [0.1, 0.15) is 39.5 Å². The highest BCUT2D eigenvalue weighted by Gasteiger charge is 2.29. The van der Waals surface area contributed by atoms with E-state index in [1.807, 2.05) is 0 Å². The first-order chi connectivity index (χ1) is 7.56. The van der Waals surface area contributed by atoms with Crippen molar-refractivity contribution in [3.8, 4) is 0 Å². The maximum atomic E-state index is 11.3. The summed E-state index contributed by atoms with van der Waals surface area (Å²) in [5, 5.41) is 0. The van der Waals surface area contributed by atoms with Gasteiger partial charge in [-0.15, -0.1) is 0 Å². The third-order valence-corrected chi connectivity index (χ3v) is 2.71. The first kappa shape index (κ1) is 13.5. The molecule has 94 valence electrons. The van der Waals surface area contributed by atoms with Gasteiger partial charge in [-0.25, -0.2) is 4.79 Å². The standard InChI is InChI=1S/C12H22O4/c1-12(2,11(13)14-3)16-8-6-4-5-7-10-9-15-10/h10H,4-9H2,1-3H3. The quantitative estimate of drug-likeness (QED) is 0.363. The van der Waals surface area contributed by atoms with Crippen LogP contribution in [0, 0.1) is 0 Å². The Morgan fingerprint density at radius 1 is 1.38 bits per heavy atom. The average molecular weight is 230 g/mol. The molecule has 0 aliphatic carbocycles. The molecule has 0 radical (unpaired) electrons. The summed E-state index contributed by atoms with van der Waals surface area (Å²) >= 11 is 0. The normalized spacial score (nSPS) is 19.6. The molecule has 0 bridgehead atoms. The second-order valence-corrected chi connectivity index (χ2v) is 4.66. The van der Waals surface area contributed by atoms with Gasteiger partial charge in [-0.1, -0.05) is 12.8 Å². The van der Waals surface area contributed by atoms with E-state index in [0.717, 1.165) is 25.9 Å². The lowest BCUT2D eigenvalue weighted by atomic mass is 10.1. The predicted molar refractivity (Wildman–Crippen MR) is 60.3 cm³/mol. The van der Waals surface area contributed by atoms with Crippen molar-refractivity contribution in [3.05, 3.63) is 0 Å². The van der Waals surface area contributed by atoms with Crippen molar-refractivity contribution in [2.24, 2.45) is 0 Å². The summed E-state index contributed by atoms with van der Waals surface area (Å²) < 4.78 is 15.3. The number of rotatable bonds is 8. The van der Waals surface area contributed by atoms with E-state index >= 15 is 0 Å². The highest BCUT2D eigenvalue weighted by Crippen LogP contribution is 2.18. The number of ether oxygens (including phenoxy) is 3. The van der Waals surface area contributed by atoms with Gasteiger partial charge in [-0.05, 0) is 26.7 Å². The summed E-state index contributed by atoms with van der Waals surface area (Å²) in [6.07, 6.45) is 4.95. The SMILES string of the molecule is COC(=O)C(C)(C)OCCCCCC1CO1. The van der Waals surface area contributed by atoms with Crippen LogP contribution >= 0.6 is 0 Å². The Kier molecular flexibility index (Phi) is 5.22. The summed E-state index contributed by atoms with van der Waals surface area (Å²) in [5.74, 6) is -0.320. The number of carbonyl (C=O) groups excluding carboxylic acids is 1. The van der Waals surface area contributed by atoms with Crippen LogP contribution in [0.15, 0.2) is 0 Å². The molecule has 0 N–H and O–H groups in total. The number of carbonyl (C=O) groups is 1. The van der Waals surface area contributed by atoms with Crippen molar-refractivity contribution in [2.75, 3.05) is 20.3 Å². The molecular formula is C12H22O4. The second-order valence-electron chi connectivity index (χ2n) is 4.66. The third-order valence-electron chi connectivity index (χ3n) is 2.71. The van der Waals surface area contributed by atoms with E-state index in [1.54, 1.807) is 13.8 Å². The van der Waals surface area contributed by atoms with Gasteiger partial charge in [0.1, 0.15) is 0 Å². The molecule has 1 aliphatic rings. The molecule has 4 nitrogen and oxygen atoms in total. The van der Waals surface area contributed by atoms with Crippen LogP contribution in [0.4, 0.5) is 0 Å². The highest BCUT2D eigenvalue weighted by molar-refractivity contribution is 5.78. The molecule has 0 aromatic rings. The molecule has 1 fully saturated rings. The maximum Gasteiger partial charge on any atom is 0.337 e. The number of hydrogen-bond acceptors (Lipinski definition) is 4. The van der Waals surface area contributed by atoms with Gasteiger partial charge in [-0.3, -0.25) is 0 Å². The lowest BCUT2D eigenvalue weighted by Gasteiger charge is -2.21. The van der Waals surface area contributed by atoms with Crippen molar-refractivity contribution in [1.29, 1.82) is 0 Å².